The molecular weight excluding hydrogens is 338 g/mol. The SMILES string of the molecule is COc1ccc(Cl)cc1NC(=O)[C@H](C)OC(=O)Cc1ccsc1. The van der Waals surface area contributed by atoms with Crippen LogP contribution in [0.25, 0.3) is 0 Å². The average Bonchev–Trinajstić information content (AvgIpc) is 3.00. The van der Waals surface area contributed by atoms with E-state index < -0.39 is 18.0 Å². The number of amides is 1. The number of anilines is 1. The monoisotopic (exact) mass is 353 g/mol. The fraction of sp³-hybridized carbons (Fsp3) is 0.250. The fourth-order valence-electron chi connectivity index (χ4n) is 1.86. The van der Waals surface area contributed by atoms with Crippen molar-refractivity contribution >= 4 is 40.5 Å². The van der Waals surface area contributed by atoms with Crippen LogP contribution in [0.3, 0.4) is 0 Å². The van der Waals surface area contributed by atoms with Crippen LogP contribution in [0.4, 0.5) is 5.69 Å². The van der Waals surface area contributed by atoms with Gasteiger partial charge in [-0.1, -0.05) is 11.6 Å². The van der Waals surface area contributed by atoms with Gasteiger partial charge in [0, 0.05) is 5.02 Å². The summed E-state index contributed by atoms with van der Waals surface area (Å²) in [6.45, 7) is 1.51. The molecule has 1 amide bonds. The molecule has 2 aromatic rings. The minimum absolute atomic E-state index is 0.140. The molecule has 0 spiro atoms. The summed E-state index contributed by atoms with van der Waals surface area (Å²) in [7, 11) is 1.49. The number of methoxy groups -OCH3 is 1. The Bertz CT molecular complexity index is 687. The van der Waals surface area contributed by atoms with E-state index in [1.165, 1.54) is 25.4 Å². The second-order valence-corrected chi connectivity index (χ2v) is 5.99. The van der Waals surface area contributed by atoms with E-state index >= 15 is 0 Å². The van der Waals surface area contributed by atoms with Crippen LogP contribution in [0.2, 0.25) is 5.02 Å². The normalized spacial score (nSPS) is 11.6. The first-order valence-electron chi connectivity index (χ1n) is 6.84. The van der Waals surface area contributed by atoms with E-state index in [0.717, 1.165) is 5.56 Å². The molecule has 0 saturated heterocycles. The zero-order chi connectivity index (χ0) is 16.8. The van der Waals surface area contributed by atoms with Crippen LogP contribution < -0.4 is 10.1 Å². The smallest absolute Gasteiger partial charge is 0.311 e. The Morgan fingerprint density at radius 3 is 2.78 bits per heavy atom. The molecule has 0 aliphatic carbocycles. The van der Waals surface area contributed by atoms with Crippen molar-refractivity contribution in [1.82, 2.24) is 0 Å². The van der Waals surface area contributed by atoms with Crippen molar-refractivity contribution in [2.24, 2.45) is 0 Å². The second-order valence-electron chi connectivity index (χ2n) is 4.77. The summed E-state index contributed by atoms with van der Waals surface area (Å²) in [5, 5.41) is 6.85. The molecule has 5 nitrogen and oxygen atoms in total. The summed E-state index contributed by atoms with van der Waals surface area (Å²) in [5.74, 6) is -0.437. The Labute approximate surface area is 143 Å². The van der Waals surface area contributed by atoms with Crippen molar-refractivity contribution in [3.63, 3.8) is 0 Å². The summed E-state index contributed by atoms with van der Waals surface area (Å²) < 4.78 is 10.3. The number of esters is 1. The van der Waals surface area contributed by atoms with Crippen LogP contribution in [0.5, 0.6) is 5.75 Å². The van der Waals surface area contributed by atoms with Gasteiger partial charge in [0.05, 0.1) is 19.2 Å². The van der Waals surface area contributed by atoms with Gasteiger partial charge < -0.3 is 14.8 Å². The summed E-state index contributed by atoms with van der Waals surface area (Å²) >= 11 is 7.41. The molecule has 0 fully saturated rings. The van der Waals surface area contributed by atoms with E-state index in [1.54, 1.807) is 18.2 Å². The first-order valence-corrected chi connectivity index (χ1v) is 8.16. The fourth-order valence-corrected chi connectivity index (χ4v) is 2.71. The zero-order valence-electron chi connectivity index (χ0n) is 12.7. The topological polar surface area (TPSA) is 64.6 Å². The third-order valence-corrected chi connectivity index (χ3v) is 3.99. The standard InChI is InChI=1S/C16H16ClNO4S/c1-10(22-15(19)7-11-5-6-23-9-11)16(20)18-13-8-12(17)3-4-14(13)21-2/h3-6,8-10H,7H2,1-2H3,(H,18,20)/t10-/m0/s1. The molecule has 0 aliphatic rings. The highest BCUT2D eigenvalue weighted by Gasteiger charge is 2.19. The van der Waals surface area contributed by atoms with Crippen LogP contribution in [0.1, 0.15) is 12.5 Å². The van der Waals surface area contributed by atoms with E-state index in [4.69, 9.17) is 21.1 Å². The first kappa shape index (κ1) is 17.3. The zero-order valence-corrected chi connectivity index (χ0v) is 14.2. The van der Waals surface area contributed by atoms with E-state index in [1.807, 2.05) is 16.8 Å². The summed E-state index contributed by atoms with van der Waals surface area (Å²) in [5.41, 5.74) is 1.29. The quantitative estimate of drug-likeness (QED) is 0.807. The van der Waals surface area contributed by atoms with Crippen LogP contribution in [-0.2, 0) is 20.7 Å². The lowest BCUT2D eigenvalue weighted by Crippen LogP contribution is -2.30. The highest BCUT2D eigenvalue weighted by Crippen LogP contribution is 2.27. The molecule has 1 atom stereocenters. The van der Waals surface area contributed by atoms with E-state index in [0.29, 0.717) is 16.5 Å². The summed E-state index contributed by atoms with van der Waals surface area (Å²) in [6.07, 6.45) is -0.786. The van der Waals surface area contributed by atoms with Gasteiger partial charge in [0.1, 0.15) is 5.75 Å². The number of benzene rings is 1. The van der Waals surface area contributed by atoms with Gasteiger partial charge in [-0.15, -0.1) is 0 Å². The lowest BCUT2D eigenvalue weighted by atomic mass is 10.2. The van der Waals surface area contributed by atoms with Gasteiger partial charge >= 0.3 is 5.97 Å². The Morgan fingerprint density at radius 2 is 2.13 bits per heavy atom. The number of nitrogens with one attached hydrogen (secondary N) is 1. The molecule has 0 radical (unpaired) electrons. The predicted molar refractivity (Wildman–Crippen MR) is 90.2 cm³/mol. The molecule has 122 valence electrons. The van der Waals surface area contributed by atoms with Gasteiger partial charge in [0.15, 0.2) is 6.10 Å². The maximum atomic E-state index is 12.1. The Morgan fingerprint density at radius 1 is 1.35 bits per heavy atom. The number of rotatable bonds is 6. The molecule has 0 saturated carbocycles. The second kappa shape index (κ2) is 7.99. The molecule has 2 rings (SSSR count). The van der Waals surface area contributed by atoms with Gasteiger partial charge in [-0.3, -0.25) is 9.59 Å². The molecular formula is C16H16ClNO4S. The van der Waals surface area contributed by atoms with Gasteiger partial charge in [-0.05, 0) is 47.5 Å². The number of hydrogen-bond acceptors (Lipinski definition) is 5. The molecule has 0 unspecified atom stereocenters. The van der Waals surface area contributed by atoms with Gasteiger partial charge in [0.2, 0.25) is 0 Å². The molecule has 0 aliphatic heterocycles. The minimum Gasteiger partial charge on any atom is -0.495 e. The molecule has 1 heterocycles. The van der Waals surface area contributed by atoms with Crippen molar-refractivity contribution in [1.29, 1.82) is 0 Å². The predicted octanol–water partition coefficient (Wildman–Crippen LogP) is 3.52. The first-order chi connectivity index (χ1) is 11.0. The summed E-state index contributed by atoms with van der Waals surface area (Å²) in [4.78, 5) is 24.0. The number of carbonyl (C=O) groups excluding carboxylic acids is 2. The van der Waals surface area contributed by atoms with Crippen LogP contribution >= 0.6 is 22.9 Å². The van der Waals surface area contributed by atoms with Gasteiger partial charge in [-0.25, -0.2) is 0 Å². The third kappa shape index (κ3) is 4.97. The minimum atomic E-state index is -0.926. The largest absolute Gasteiger partial charge is 0.495 e. The van der Waals surface area contributed by atoms with Crippen LogP contribution in [-0.4, -0.2) is 25.1 Å². The third-order valence-electron chi connectivity index (χ3n) is 3.03. The highest BCUT2D eigenvalue weighted by molar-refractivity contribution is 7.08. The van der Waals surface area contributed by atoms with Crippen molar-refractivity contribution in [2.75, 3.05) is 12.4 Å². The number of hydrogen-bond donors (Lipinski definition) is 1. The maximum absolute atomic E-state index is 12.1. The molecule has 7 heteroatoms. The van der Waals surface area contributed by atoms with Crippen LogP contribution in [0, 0.1) is 0 Å². The molecule has 1 N–H and O–H groups in total. The Kier molecular flexibility index (Phi) is 6.01. The molecule has 23 heavy (non-hydrogen) atoms. The van der Waals surface area contributed by atoms with Crippen molar-refractivity contribution in [3.05, 3.63) is 45.6 Å². The van der Waals surface area contributed by atoms with E-state index in [-0.39, 0.29) is 6.42 Å². The van der Waals surface area contributed by atoms with E-state index in [9.17, 15) is 9.59 Å². The lowest BCUT2D eigenvalue weighted by Gasteiger charge is -2.15. The number of carbonyl (C=O) groups is 2. The molecule has 0 bridgehead atoms. The van der Waals surface area contributed by atoms with E-state index in [2.05, 4.69) is 5.32 Å². The molecule has 1 aromatic carbocycles. The number of halogens is 1. The lowest BCUT2D eigenvalue weighted by molar-refractivity contribution is -0.152. The Balaban J connectivity index is 1.94. The molecule has 1 aromatic heterocycles. The summed E-state index contributed by atoms with van der Waals surface area (Å²) in [6, 6.07) is 6.71. The van der Waals surface area contributed by atoms with Crippen molar-refractivity contribution in [3.8, 4) is 5.75 Å². The van der Waals surface area contributed by atoms with Crippen molar-refractivity contribution < 1.29 is 19.1 Å². The number of ether oxygens (including phenoxy) is 2. The van der Waals surface area contributed by atoms with Gasteiger partial charge in [-0.2, -0.15) is 11.3 Å². The Hall–Kier alpha value is -2.05. The maximum Gasteiger partial charge on any atom is 0.311 e. The number of thiophene rings is 1. The average molecular weight is 354 g/mol. The highest BCUT2D eigenvalue weighted by atomic mass is 35.5. The van der Waals surface area contributed by atoms with Crippen molar-refractivity contribution in [2.45, 2.75) is 19.4 Å². The van der Waals surface area contributed by atoms with Crippen LogP contribution in [0.15, 0.2) is 35.0 Å². The van der Waals surface area contributed by atoms with Gasteiger partial charge in [0.25, 0.3) is 5.91 Å².